The van der Waals surface area contributed by atoms with Crippen LogP contribution >= 0.6 is 0 Å². The number of carbonyl (C=O) groups is 3. The molecular formula is C13H22N2O6. The van der Waals surface area contributed by atoms with E-state index >= 15 is 0 Å². The molecule has 120 valence electrons. The summed E-state index contributed by atoms with van der Waals surface area (Å²) in [5, 5.41) is 13.9. The lowest BCUT2D eigenvalue weighted by atomic mass is 10.0. The first-order valence-electron chi connectivity index (χ1n) is 6.84. The molecule has 1 heterocycles. The van der Waals surface area contributed by atoms with Crippen LogP contribution in [0.1, 0.15) is 32.6 Å². The van der Waals surface area contributed by atoms with Crippen molar-refractivity contribution in [2.24, 2.45) is 0 Å². The third-order valence-corrected chi connectivity index (χ3v) is 3.39. The maximum Gasteiger partial charge on any atom is 0.326 e. The molecule has 1 aliphatic rings. The molecule has 1 aliphatic heterocycles. The van der Waals surface area contributed by atoms with E-state index in [2.05, 4.69) is 15.4 Å². The summed E-state index contributed by atoms with van der Waals surface area (Å²) in [5.74, 6) is -1.72. The van der Waals surface area contributed by atoms with Crippen molar-refractivity contribution in [1.82, 2.24) is 10.6 Å². The van der Waals surface area contributed by atoms with E-state index in [-0.39, 0.29) is 12.8 Å². The minimum atomic E-state index is -1.20. The van der Waals surface area contributed by atoms with Crippen molar-refractivity contribution in [3.05, 3.63) is 0 Å². The zero-order valence-electron chi connectivity index (χ0n) is 12.3. The number of hydrogen-bond donors (Lipinski definition) is 3. The van der Waals surface area contributed by atoms with Crippen molar-refractivity contribution < 1.29 is 29.0 Å². The van der Waals surface area contributed by atoms with Gasteiger partial charge in [0.2, 0.25) is 0 Å². The van der Waals surface area contributed by atoms with E-state index in [0.29, 0.717) is 13.2 Å². The number of carbonyl (C=O) groups excluding carboxylic acids is 2. The van der Waals surface area contributed by atoms with Gasteiger partial charge in [0.25, 0.3) is 0 Å². The van der Waals surface area contributed by atoms with E-state index in [9.17, 15) is 14.4 Å². The molecule has 3 N–H and O–H groups in total. The number of rotatable bonds is 7. The van der Waals surface area contributed by atoms with Crippen LogP contribution in [0.2, 0.25) is 0 Å². The highest BCUT2D eigenvalue weighted by molar-refractivity contribution is 5.83. The Kier molecular flexibility index (Phi) is 6.41. The van der Waals surface area contributed by atoms with Gasteiger partial charge in [-0.1, -0.05) is 0 Å². The maximum atomic E-state index is 11.7. The van der Waals surface area contributed by atoms with Gasteiger partial charge < -0.3 is 25.2 Å². The lowest BCUT2D eigenvalue weighted by molar-refractivity contribution is -0.142. The van der Waals surface area contributed by atoms with Crippen LogP contribution < -0.4 is 10.6 Å². The molecular weight excluding hydrogens is 280 g/mol. The first-order chi connectivity index (χ1) is 9.86. The van der Waals surface area contributed by atoms with E-state index in [4.69, 9.17) is 9.84 Å². The lowest BCUT2D eigenvalue weighted by Gasteiger charge is -2.24. The van der Waals surface area contributed by atoms with Gasteiger partial charge in [-0.2, -0.15) is 0 Å². The minimum Gasteiger partial charge on any atom is -0.480 e. The predicted molar refractivity (Wildman–Crippen MR) is 72.8 cm³/mol. The van der Waals surface area contributed by atoms with Crippen molar-refractivity contribution in [2.75, 3.05) is 20.3 Å². The van der Waals surface area contributed by atoms with Gasteiger partial charge in [0.15, 0.2) is 0 Å². The monoisotopic (exact) mass is 302 g/mol. The molecule has 0 aromatic carbocycles. The molecule has 1 saturated heterocycles. The van der Waals surface area contributed by atoms with E-state index < -0.39 is 29.6 Å². The molecule has 2 atom stereocenters. The summed E-state index contributed by atoms with van der Waals surface area (Å²) in [7, 11) is 1.22. The minimum absolute atomic E-state index is 0.0246. The molecule has 2 amide bonds. The zero-order chi connectivity index (χ0) is 15.9. The second kappa shape index (κ2) is 7.82. The van der Waals surface area contributed by atoms with Crippen LogP contribution in [0.25, 0.3) is 0 Å². The normalized spacial score (nSPS) is 22.4. The smallest absolute Gasteiger partial charge is 0.326 e. The Balaban J connectivity index is 2.37. The summed E-state index contributed by atoms with van der Waals surface area (Å²) in [6, 6.07) is -1.73. The van der Waals surface area contributed by atoms with Crippen LogP contribution in [0.3, 0.4) is 0 Å². The lowest BCUT2D eigenvalue weighted by Crippen LogP contribution is -2.49. The molecule has 0 saturated carbocycles. The van der Waals surface area contributed by atoms with E-state index in [1.54, 1.807) is 0 Å². The van der Waals surface area contributed by atoms with Crippen LogP contribution in [0.5, 0.6) is 0 Å². The summed E-state index contributed by atoms with van der Waals surface area (Å²) >= 11 is 0. The summed E-state index contributed by atoms with van der Waals surface area (Å²) in [4.78, 5) is 33.8. The van der Waals surface area contributed by atoms with E-state index in [0.717, 1.165) is 12.8 Å². The van der Waals surface area contributed by atoms with Gasteiger partial charge in [0.1, 0.15) is 6.04 Å². The molecule has 0 radical (unpaired) electrons. The van der Waals surface area contributed by atoms with E-state index in [1.807, 2.05) is 6.92 Å². The van der Waals surface area contributed by atoms with E-state index in [1.165, 1.54) is 7.11 Å². The Morgan fingerprint density at radius 3 is 2.67 bits per heavy atom. The Morgan fingerprint density at radius 2 is 2.14 bits per heavy atom. The number of urea groups is 1. The molecule has 0 aromatic heterocycles. The second-order valence-electron chi connectivity index (χ2n) is 5.23. The molecule has 8 nitrogen and oxygen atoms in total. The Labute approximate surface area is 123 Å². The molecule has 1 rings (SSSR count). The number of carboxylic acid groups (broad SMARTS) is 1. The zero-order valence-corrected chi connectivity index (χ0v) is 12.3. The van der Waals surface area contributed by atoms with Gasteiger partial charge in [-0.05, 0) is 26.2 Å². The number of ether oxygens (including phenoxy) is 2. The number of esters is 1. The summed E-state index contributed by atoms with van der Waals surface area (Å²) in [6.07, 6.45) is 1.69. The van der Waals surface area contributed by atoms with Gasteiger partial charge in [-0.3, -0.25) is 4.79 Å². The van der Waals surface area contributed by atoms with Gasteiger partial charge in [-0.25, -0.2) is 9.59 Å². The molecule has 21 heavy (non-hydrogen) atoms. The number of hydrogen-bond acceptors (Lipinski definition) is 5. The Bertz CT molecular complexity index is 392. The fraction of sp³-hybridized carbons (Fsp3) is 0.769. The van der Waals surface area contributed by atoms with Gasteiger partial charge in [0, 0.05) is 19.6 Å². The van der Waals surface area contributed by atoms with Crippen molar-refractivity contribution in [1.29, 1.82) is 0 Å². The number of nitrogens with one attached hydrogen (secondary N) is 2. The fourth-order valence-electron chi connectivity index (χ4n) is 2.07. The van der Waals surface area contributed by atoms with Crippen LogP contribution in [0.4, 0.5) is 4.79 Å². The largest absolute Gasteiger partial charge is 0.480 e. The molecule has 0 spiro atoms. The summed E-state index contributed by atoms with van der Waals surface area (Å²) in [6.45, 7) is 2.87. The first-order valence-corrected chi connectivity index (χ1v) is 6.84. The van der Waals surface area contributed by atoms with Crippen molar-refractivity contribution in [3.63, 3.8) is 0 Å². The van der Waals surface area contributed by atoms with Crippen molar-refractivity contribution in [2.45, 2.75) is 44.2 Å². The number of aliphatic carboxylic acids is 1. The number of methoxy groups -OCH3 is 1. The standard InChI is InChI=1S/C13H22N2O6/c1-13(6-3-7-21-13)8-14-12(19)15-9(11(17)18)4-5-10(16)20-2/h9H,3-8H2,1-2H3,(H,17,18)(H2,14,15,19)/t9-,13?/m0/s1. The average Bonchev–Trinajstić information content (AvgIpc) is 2.87. The summed E-state index contributed by atoms with van der Waals surface area (Å²) < 4.78 is 9.95. The number of amides is 2. The van der Waals surface area contributed by atoms with Crippen LogP contribution in [0.15, 0.2) is 0 Å². The predicted octanol–water partition coefficient (Wildman–Crippen LogP) is 0.261. The fourth-order valence-corrected chi connectivity index (χ4v) is 2.07. The Morgan fingerprint density at radius 1 is 1.43 bits per heavy atom. The molecule has 0 bridgehead atoms. The summed E-state index contributed by atoms with van der Waals surface area (Å²) in [5.41, 5.74) is -0.401. The third-order valence-electron chi connectivity index (χ3n) is 3.39. The average molecular weight is 302 g/mol. The molecule has 8 heteroatoms. The third kappa shape index (κ3) is 5.99. The van der Waals surface area contributed by atoms with Crippen molar-refractivity contribution in [3.8, 4) is 0 Å². The first kappa shape index (κ1) is 17.2. The topological polar surface area (TPSA) is 114 Å². The van der Waals surface area contributed by atoms with Crippen LogP contribution in [-0.2, 0) is 19.1 Å². The maximum absolute atomic E-state index is 11.7. The van der Waals surface area contributed by atoms with Gasteiger partial charge >= 0.3 is 18.0 Å². The quantitative estimate of drug-likeness (QED) is 0.581. The van der Waals surface area contributed by atoms with Gasteiger partial charge in [0.05, 0.1) is 12.7 Å². The molecule has 1 unspecified atom stereocenters. The van der Waals surface area contributed by atoms with Gasteiger partial charge in [-0.15, -0.1) is 0 Å². The molecule has 0 aromatic rings. The van der Waals surface area contributed by atoms with Crippen LogP contribution in [0, 0.1) is 0 Å². The highest BCUT2D eigenvalue weighted by Gasteiger charge is 2.30. The second-order valence-corrected chi connectivity index (χ2v) is 5.23. The Hall–Kier alpha value is -1.83. The highest BCUT2D eigenvalue weighted by atomic mass is 16.5. The molecule has 1 fully saturated rings. The SMILES string of the molecule is COC(=O)CC[C@H](NC(=O)NCC1(C)CCCO1)C(=O)O. The van der Waals surface area contributed by atoms with Crippen molar-refractivity contribution >= 4 is 18.0 Å². The molecule has 0 aliphatic carbocycles. The number of carboxylic acids is 1. The highest BCUT2D eigenvalue weighted by Crippen LogP contribution is 2.23. The van der Waals surface area contributed by atoms with Crippen LogP contribution in [-0.4, -0.2) is 55.0 Å².